The van der Waals surface area contributed by atoms with Gasteiger partial charge in [-0.25, -0.2) is 0 Å². The van der Waals surface area contributed by atoms with Gasteiger partial charge in [-0.15, -0.1) is 11.3 Å². The van der Waals surface area contributed by atoms with Crippen LogP contribution in [-0.2, 0) is 17.8 Å². The summed E-state index contributed by atoms with van der Waals surface area (Å²) in [5, 5.41) is 4.15. The molecule has 0 spiro atoms. The largest absolute Gasteiger partial charge is 0.373 e. The van der Waals surface area contributed by atoms with Crippen LogP contribution in [0.2, 0.25) is 0 Å². The average Bonchev–Trinajstić information content (AvgIpc) is 3.11. The van der Waals surface area contributed by atoms with Gasteiger partial charge in [0.25, 0.3) is 5.91 Å². The Balaban J connectivity index is 1.32. The molecule has 3 aromatic rings. The molecule has 5 heteroatoms. The SMILES string of the molecule is CC1CN(Cc2ccc(CNC(=O)c3cc4ccccc4s3)cc2)CC(C)O1. The van der Waals surface area contributed by atoms with Crippen molar-refractivity contribution in [3.05, 3.63) is 70.6 Å². The van der Waals surface area contributed by atoms with Crippen molar-refractivity contribution in [2.45, 2.75) is 39.1 Å². The van der Waals surface area contributed by atoms with E-state index in [9.17, 15) is 4.79 Å². The minimum Gasteiger partial charge on any atom is -0.373 e. The molecule has 1 fully saturated rings. The molecule has 2 atom stereocenters. The number of rotatable bonds is 5. The van der Waals surface area contributed by atoms with E-state index in [-0.39, 0.29) is 18.1 Å². The molecule has 28 heavy (non-hydrogen) atoms. The topological polar surface area (TPSA) is 41.6 Å². The maximum Gasteiger partial charge on any atom is 0.261 e. The summed E-state index contributed by atoms with van der Waals surface area (Å²) in [6, 6.07) is 18.6. The number of hydrogen-bond donors (Lipinski definition) is 1. The summed E-state index contributed by atoms with van der Waals surface area (Å²) >= 11 is 1.53. The Morgan fingerprint density at radius 3 is 2.46 bits per heavy atom. The first-order chi connectivity index (χ1) is 13.6. The van der Waals surface area contributed by atoms with Gasteiger partial charge in [-0.3, -0.25) is 9.69 Å². The molecule has 1 aliphatic rings. The molecule has 0 radical (unpaired) electrons. The summed E-state index contributed by atoms with van der Waals surface area (Å²) in [5.74, 6) is -0.0124. The molecule has 0 aliphatic carbocycles. The predicted molar refractivity (Wildman–Crippen MR) is 115 cm³/mol. The van der Waals surface area contributed by atoms with Crippen LogP contribution in [0.15, 0.2) is 54.6 Å². The van der Waals surface area contributed by atoms with Gasteiger partial charge in [-0.2, -0.15) is 0 Å². The van der Waals surface area contributed by atoms with Crippen LogP contribution in [0.1, 0.15) is 34.6 Å². The van der Waals surface area contributed by atoms with Gasteiger partial charge in [0.2, 0.25) is 0 Å². The zero-order valence-corrected chi connectivity index (χ0v) is 17.2. The van der Waals surface area contributed by atoms with E-state index in [4.69, 9.17) is 4.74 Å². The highest BCUT2D eigenvalue weighted by atomic mass is 32.1. The summed E-state index contributed by atoms with van der Waals surface area (Å²) in [7, 11) is 0. The van der Waals surface area contributed by atoms with Crippen molar-refractivity contribution in [2.24, 2.45) is 0 Å². The van der Waals surface area contributed by atoms with E-state index < -0.39 is 0 Å². The molecule has 1 amide bonds. The van der Waals surface area contributed by atoms with Gasteiger partial charge >= 0.3 is 0 Å². The third kappa shape index (κ3) is 4.61. The summed E-state index contributed by atoms with van der Waals surface area (Å²) in [6.07, 6.45) is 0.569. The van der Waals surface area contributed by atoms with Crippen LogP contribution in [-0.4, -0.2) is 36.1 Å². The number of thiophene rings is 1. The summed E-state index contributed by atoms with van der Waals surface area (Å²) in [4.78, 5) is 15.7. The van der Waals surface area contributed by atoms with Crippen molar-refractivity contribution in [1.82, 2.24) is 10.2 Å². The standard InChI is InChI=1S/C23H26N2O2S/c1-16-13-25(14-17(2)27-16)15-19-9-7-18(8-10-19)12-24-23(26)22-11-20-5-3-4-6-21(20)28-22/h3-11,16-17H,12-15H2,1-2H3,(H,24,26). The average molecular weight is 395 g/mol. The van der Waals surface area contributed by atoms with E-state index in [1.807, 2.05) is 30.3 Å². The third-order valence-corrected chi connectivity index (χ3v) is 6.14. The second kappa shape index (κ2) is 8.43. The fourth-order valence-corrected chi connectivity index (χ4v) is 4.78. The number of carbonyl (C=O) groups excluding carboxylic acids is 1. The highest BCUT2D eigenvalue weighted by molar-refractivity contribution is 7.20. The number of morpholine rings is 1. The molecule has 2 heterocycles. The number of benzene rings is 2. The molecular formula is C23H26N2O2S. The van der Waals surface area contributed by atoms with Gasteiger partial charge < -0.3 is 10.1 Å². The Bertz CT molecular complexity index is 908. The van der Waals surface area contributed by atoms with Crippen molar-refractivity contribution >= 4 is 27.3 Å². The zero-order valence-electron chi connectivity index (χ0n) is 16.4. The first-order valence-corrected chi connectivity index (χ1v) is 10.6. The lowest BCUT2D eigenvalue weighted by Gasteiger charge is -2.35. The monoisotopic (exact) mass is 394 g/mol. The molecule has 1 saturated heterocycles. The molecule has 1 N–H and O–H groups in total. The van der Waals surface area contributed by atoms with Crippen LogP contribution < -0.4 is 5.32 Å². The normalized spacial score (nSPS) is 20.4. The second-order valence-corrected chi connectivity index (χ2v) is 8.68. The number of carbonyl (C=O) groups is 1. The lowest BCUT2D eigenvalue weighted by molar-refractivity contribution is -0.0704. The third-order valence-electron chi connectivity index (χ3n) is 5.03. The Labute approximate surface area is 170 Å². The Morgan fingerprint density at radius 2 is 1.75 bits per heavy atom. The van der Waals surface area contributed by atoms with Gasteiger partial charge in [0.05, 0.1) is 17.1 Å². The van der Waals surface area contributed by atoms with Gasteiger partial charge in [0.15, 0.2) is 0 Å². The summed E-state index contributed by atoms with van der Waals surface area (Å²) in [6.45, 7) is 7.68. The molecule has 146 valence electrons. The summed E-state index contributed by atoms with van der Waals surface area (Å²) < 4.78 is 6.94. The summed E-state index contributed by atoms with van der Waals surface area (Å²) in [5.41, 5.74) is 2.41. The minimum absolute atomic E-state index is 0.0124. The van der Waals surface area contributed by atoms with Crippen molar-refractivity contribution in [3.63, 3.8) is 0 Å². The number of fused-ring (bicyclic) bond motifs is 1. The first kappa shape index (κ1) is 19.1. The maximum atomic E-state index is 12.5. The van der Waals surface area contributed by atoms with E-state index in [1.54, 1.807) is 0 Å². The Kier molecular flexibility index (Phi) is 5.76. The van der Waals surface area contributed by atoms with Crippen molar-refractivity contribution in [3.8, 4) is 0 Å². The van der Waals surface area contributed by atoms with Gasteiger partial charge in [0.1, 0.15) is 0 Å². The van der Waals surface area contributed by atoms with Crippen LogP contribution in [0.25, 0.3) is 10.1 Å². The van der Waals surface area contributed by atoms with Crippen LogP contribution in [0.3, 0.4) is 0 Å². The number of amides is 1. The number of nitrogens with zero attached hydrogens (tertiary/aromatic N) is 1. The highest BCUT2D eigenvalue weighted by Crippen LogP contribution is 2.25. The van der Waals surface area contributed by atoms with Gasteiger partial charge in [0, 0.05) is 30.9 Å². The smallest absolute Gasteiger partial charge is 0.261 e. The molecule has 2 aromatic carbocycles. The number of hydrogen-bond acceptors (Lipinski definition) is 4. The van der Waals surface area contributed by atoms with E-state index in [1.165, 1.54) is 16.9 Å². The fourth-order valence-electron chi connectivity index (χ4n) is 3.80. The van der Waals surface area contributed by atoms with Gasteiger partial charge in [-0.1, -0.05) is 42.5 Å². The van der Waals surface area contributed by atoms with Crippen LogP contribution in [0, 0.1) is 0 Å². The molecule has 0 saturated carbocycles. The van der Waals surface area contributed by atoms with E-state index >= 15 is 0 Å². The lowest BCUT2D eigenvalue weighted by Crippen LogP contribution is -2.44. The van der Waals surface area contributed by atoms with Crippen LogP contribution in [0.5, 0.6) is 0 Å². The Morgan fingerprint density at radius 1 is 1.07 bits per heavy atom. The molecule has 2 unspecified atom stereocenters. The van der Waals surface area contributed by atoms with Crippen LogP contribution in [0.4, 0.5) is 0 Å². The minimum atomic E-state index is -0.0124. The maximum absolute atomic E-state index is 12.5. The number of ether oxygens (including phenoxy) is 1. The quantitative estimate of drug-likeness (QED) is 0.696. The van der Waals surface area contributed by atoms with E-state index in [2.05, 4.69) is 48.3 Å². The molecule has 1 aliphatic heterocycles. The van der Waals surface area contributed by atoms with Crippen molar-refractivity contribution < 1.29 is 9.53 Å². The van der Waals surface area contributed by atoms with Gasteiger partial charge in [-0.05, 0) is 42.5 Å². The van der Waals surface area contributed by atoms with E-state index in [0.717, 1.165) is 40.2 Å². The fraction of sp³-hybridized carbons (Fsp3) is 0.348. The molecule has 1 aromatic heterocycles. The van der Waals surface area contributed by atoms with Crippen molar-refractivity contribution in [2.75, 3.05) is 13.1 Å². The second-order valence-electron chi connectivity index (χ2n) is 7.60. The molecule has 0 bridgehead atoms. The van der Waals surface area contributed by atoms with E-state index in [0.29, 0.717) is 6.54 Å². The predicted octanol–water partition coefficient (Wildman–Crippen LogP) is 4.44. The lowest BCUT2D eigenvalue weighted by atomic mass is 10.1. The zero-order chi connectivity index (χ0) is 19.5. The highest BCUT2D eigenvalue weighted by Gasteiger charge is 2.21. The molecular weight excluding hydrogens is 368 g/mol. The molecule has 4 nitrogen and oxygen atoms in total. The first-order valence-electron chi connectivity index (χ1n) is 9.79. The number of nitrogens with one attached hydrogen (secondary N) is 1. The Hall–Kier alpha value is -2.21. The van der Waals surface area contributed by atoms with Crippen molar-refractivity contribution in [1.29, 1.82) is 0 Å². The molecule has 4 rings (SSSR count). The van der Waals surface area contributed by atoms with Crippen LogP contribution >= 0.6 is 11.3 Å².